The van der Waals surface area contributed by atoms with Gasteiger partial charge in [-0.1, -0.05) is 31.2 Å². The van der Waals surface area contributed by atoms with Gasteiger partial charge in [0.1, 0.15) is 5.75 Å². The molecule has 3 rings (SSSR count). The fourth-order valence-corrected chi connectivity index (χ4v) is 3.13. The number of fused-ring (bicyclic) bond motifs is 2. The van der Waals surface area contributed by atoms with Gasteiger partial charge in [0.2, 0.25) is 0 Å². The summed E-state index contributed by atoms with van der Waals surface area (Å²) in [5.41, 5.74) is 4.15. The molecule has 1 aliphatic rings. The molecule has 102 valence electrons. The van der Waals surface area contributed by atoms with Crippen LogP contribution in [-0.2, 0) is 12.8 Å². The first-order valence-electron chi connectivity index (χ1n) is 7.14. The van der Waals surface area contributed by atoms with Crippen LogP contribution in [-0.4, -0.2) is 10.9 Å². The summed E-state index contributed by atoms with van der Waals surface area (Å²) in [5, 5.41) is 9.64. The number of hydrogen-bond acceptors (Lipinski definition) is 2. The molecular weight excluding hydrogens is 248 g/mol. The molecule has 2 aromatic carbocycles. The highest BCUT2D eigenvalue weighted by Gasteiger charge is 2.26. The van der Waals surface area contributed by atoms with Crippen molar-refractivity contribution in [1.29, 1.82) is 0 Å². The van der Waals surface area contributed by atoms with Crippen molar-refractivity contribution in [1.82, 2.24) is 0 Å². The summed E-state index contributed by atoms with van der Waals surface area (Å²) < 4.78 is 0. The van der Waals surface area contributed by atoms with Crippen LogP contribution in [0.1, 0.15) is 46.3 Å². The molecule has 0 unspecified atom stereocenters. The highest BCUT2D eigenvalue weighted by atomic mass is 16.3. The van der Waals surface area contributed by atoms with Crippen LogP contribution < -0.4 is 0 Å². The van der Waals surface area contributed by atoms with Crippen LogP contribution in [0.5, 0.6) is 5.75 Å². The van der Waals surface area contributed by atoms with E-state index in [0.29, 0.717) is 0 Å². The maximum atomic E-state index is 12.8. The molecule has 20 heavy (non-hydrogen) atoms. The van der Waals surface area contributed by atoms with E-state index in [0.717, 1.165) is 30.4 Å². The van der Waals surface area contributed by atoms with E-state index in [1.165, 1.54) is 11.1 Å². The topological polar surface area (TPSA) is 37.3 Å². The largest absolute Gasteiger partial charge is 0.508 e. The molecular formula is C18H18O2. The van der Waals surface area contributed by atoms with Gasteiger partial charge in [-0.25, -0.2) is 0 Å². The van der Waals surface area contributed by atoms with Gasteiger partial charge in [0.05, 0.1) is 0 Å². The molecule has 2 aromatic rings. The van der Waals surface area contributed by atoms with Gasteiger partial charge in [-0.15, -0.1) is 0 Å². The van der Waals surface area contributed by atoms with Crippen LogP contribution in [0.3, 0.4) is 0 Å². The third-order valence-electron chi connectivity index (χ3n) is 4.17. The van der Waals surface area contributed by atoms with Gasteiger partial charge < -0.3 is 5.11 Å². The Hall–Kier alpha value is -2.09. The zero-order valence-electron chi connectivity index (χ0n) is 11.6. The van der Waals surface area contributed by atoms with Crippen molar-refractivity contribution in [3.8, 4) is 5.75 Å². The van der Waals surface area contributed by atoms with Crippen molar-refractivity contribution in [2.75, 3.05) is 0 Å². The molecule has 0 amide bonds. The number of benzene rings is 2. The zero-order valence-corrected chi connectivity index (χ0v) is 11.6. The second-order valence-electron chi connectivity index (χ2n) is 5.37. The predicted octanol–water partition coefficient (Wildman–Crippen LogP) is 3.87. The molecule has 0 heterocycles. The third kappa shape index (κ3) is 2.11. The monoisotopic (exact) mass is 266 g/mol. The number of carbonyl (C=O) groups excluding carboxylic acids is 1. The lowest BCUT2D eigenvalue weighted by Crippen LogP contribution is -2.19. The van der Waals surface area contributed by atoms with Crippen LogP contribution >= 0.6 is 0 Å². The van der Waals surface area contributed by atoms with E-state index in [-0.39, 0.29) is 17.5 Å². The van der Waals surface area contributed by atoms with Gasteiger partial charge in [0.15, 0.2) is 5.78 Å². The van der Waals surface area contributed by atoms with Gasteiger partial charge in [-0.2, -0.15) is 0 Å². The summed E-state index contributed by atoms with van der Waals surface area (Å²) in [6.07, 6.45) is 2.51. The van der Waals surface area contributed by atoms with Gasteiger partial charge in [0.25, 0.3) is 0 Å². The molecule has 2 heteroatoms. The van der Waals surface area contributed by atoms with Crippen molar-refractivity contribution in [3.05, 3.63) is 64.7 Å². The van der Waals surface area contributed by atoms with Crippen molar-refractivity contribution in [3.63, 3.8) is 0 Å². The highest BCUT2D eigenvalue weighted by molar-refractivity contribution is 6.02. The summed E-state index contributed by atoms with van der Waals surface area (Å²) in [4.78, 5) is 12.8. The van der Waals surface area contributed by atoms with Gasteiger partial charge >= 0.3 is 0 Å². The van der Waals surface area contributed by atoms with E-state index in [1.807, 2.05) is 12.1 Å². The number of ketones is 1. The first-order chi connectivity index (χ1) is 9.70. The molecule has 1 atom stereocenters. The van der Waals surface area contributed by atoms with Crippen LogP contribution in [0.4, 0.5) is 0 Å². The van der Waals surface area contributed by atoms with E-state index in [2.05, 4.69) is 19.1 Å². The average molecular weight is 266 g/mol. The Morgan fingerprint density at radius 1 is 1.10 bits per heavy atom. The second kappa shape index (κ2) is 5.12. The first kappa shape index (κ1) is 12.9. The van der Waals surface area contributed by atoms with Crippen LogP contribution in [0, 0.1) is 0 Å². The number of aromatic hydroxyl groups is 1. The maximum absolute atomic E-state index is 12.8. The molecule has 1 aliphatic carbocycles. The minimum absolute atomic E-state index is 0.0743. The lowest BCUT2D eigenvalue weighted by molar-refractivity contribution is 0.0955. The predicted molar refractivity (Wildman–Crippen MR) is 79.3 cm³/mol. The molecule has 0 spiro atoms. The van der Waals surface area contributed by atoms with E-state index >= 15 is 0 Å². The van der Waals surface area contributed by atoms with Crippen LogP contribution in [0.25, 0.3) is 0 Å². The zero-order chi connectivity index (χ0) is 14.1. The molecule has 0 radical (unpaired) electrons. The number of rotatable bonds is 1. The Balaban J connectivity index is 2.15. The maximum Gasteiger partial charge on any atom is 0.170 e. The molecule has 0 saturated heterocycles. The number of aryl methyl sites for hydroxylation is 2. The van der Waals surface area contributed by atoms with Crippen LogP contribution in [0.2, 0.25) is 0 Å². The number of phenolic OH excluding ortho intramolecular Hbond substituents is 1. The number of Topliss-reactive ketones (excluding diaryl/α,β-unsaturated/α-hetero) is 1. The van der Waals surface area contributed by atoms with Gasteiger partial charge in [-0.05, 0) is 54.2 Å². The van der Waals surface area contributed by atoms with Crippen molar-refractivity contribution < 1.29 is 9.90 Å². The molecule has 0 bridgehead atoms. The number of hydrogen-bond donors (Lipinski definition) is 1. The summed E-state index contributed by atoms with van der Waals surface area (Å²) in [6.45, 7) is 2.06. The molecule has 2 nitrogen and oxygen atoms in total. The summed E-state index contributed by atoms with van der Waals surface area (Å²) in [5.74, 6) is 0.336. The average Bonchev–Trinajstić information content (AvgIpc) is 2.45. The summed E-state index contributed by atoms with van der Waals surface area (Å²) >= 11 is 0. The molecule has 1 N–H and O–H groups in total. The summed E-state index contributed by atoms with van der Waals surface area (Å²) in [6, 6.07) is 13.3. The van der Waals surface area contributed by atoms with Crippen molar-refractivity contribution in [2.24, 2.45) is 0 Å². The lowest BCUT2D eigenvalue weighted by Gasteiger charge is -2.23. The fourth-order valence-electron chi connectivity index (χ4n) is 3.13. The second-order valence-corrected chi connectivity index (χ2v) is 5.37. The van der Waals surface area contributed by atoms with E-state index in [4.69, 9.17) is 0 Å². The minimum atomic E-state index is -0.0743. The molecule has 0 fully saturated rings. The number of carbonyl (C=O) groups is 1. The fraction of sp³-hybridized carbons (Fsp3) is 0.278. The van der Waals surface area contributed by atoms with E-state index in [1.54, 1.807) is 18.2 Å². The highest BCUT2D eigenvalue weighted by Crippen LogP contribution is 2.32. The quantitative estimate of drug-likeness (QED) is 0.850. The lowest BCUT2D eigenvalue weighted by atomic mass is 9.80. The Morgan fingerprint density at radius 3 is 2.65 bits per heavy atom. The normalized spacial score (nSPS) is 17.9. The van der Waals surface area contributed by atoms with Gasteiger partial charge in [-0.3, -0.25) is 4.79 Å². The standard InChI is InChI=1S/C18H18O2/c1-2-15-16-6-4-3-5-12(16)7-8-13-11-14(19)9-10-17(13)18(15)20/h3-6,9-11,15,19H,2,7-8H2,1H3/t15-/m0/s1. The van der Waals surface area contributed by atoms with E-state index < -0.39 is 0 Å². The van der Waals surface area contributed by atoms with Gasteiger partial charge in [0, 0.05) is 11.5 Å². The van der Waals surface area contributed by atoms with Crippen molar-refractivity contribution >= 4 is 5.78 Å². The van der Waals surface area contributed by atoms with Crippen molar-refractivity contribution in [2.45, 2.75) is 32.1 Å². The first-order valence-corrected chi connectivity index (χ1v) is 7.14. The molecule has 0 saturated carbocycles. The third-order valence-corrected chi connectivity index (χ3v) is 4.17. The minimum Gasteiger partial charge on any atom is -0.508 e. The van der Waals surface area contributed by atoms with E-state index in [9.17, 15) is 9.90 Å². The smallest absolute Gasteiger partial charge is 0.170 e. The molecule has 0 aromatic heterocycles. The number of phenols is 1. The Morgan fingerprint density at radius 2 is 1.85 bits per heavy atom. The summed E-state index contributed by atoms with van der Waals surface area (Å²) in [7, 11) is 0. The molecule has 0 aliphatic heterocycles. The Bertz CT molecular complexity index is 658. The Labute approximate surface area is 119 Å². The van der Waals surface area contributed by atoms with Crippen LogP contribution in [0.15, 0.2) is 42.5 Å². The Kier molecular flexibility index (Phi) is 3.31. The SMILES string of the molecule is CC[C@@H]1C(=O)c2ccc(O)cc2CCc2ccccc21.